The van der Waals surface area contributed by atoms with E-state index >= 15 is 0 Å². The van der Waals surface area contributed by atoms with Gasteiger partial charge < -0.3 is 10.1 Å². The van der Waals surface area contributed by atoms with Crippen LogP contribution < -0.4 is 10.1 Å². The van der Waals surface area contributed by atoms with Gasteiger partial charge in [-0.15, -0.1) is 0 Å². The van der Waals surface area contributed by atoms with E-state index in [1.54, 1.807) is 6.07 Å². The van der Waals surface area contributed by atoms with Crippen molar-refractivity contribution in [2.75, 3.05) is 20.2 Å². The van der Waals surface area contributed by atoms with E-state index in [9.17, 15) is 4.39 Å². The Labute approximate surface area is 106 Å². The second kappa shape index (κ2) is 5.69. The van der Waals surface area contributed by atoms with E-state index in [4.69, 9.17) is 16.3 Å². The predicted octanol–water partition coefficient (Wildman–Crippen LogP) is 3.03. The molecule has 1 aliphatic heterocycles. The third-order valence-corrected chi connectivity index (χ3v) is 3.59. The van der Waals surface area contributed by atoms with E-state index in [2.05, 4.69) is 5.32 Å². The lowest BCUT2D eigenvalue weighted by Crippen LogP contribution is -2.28. The van der Waals surface area contributed by atoms with Crippen LogP contribution >= 0.6 is 11.6 Å². The van der Waals surface area contributed by atoms with Gasteiger partial charge in [-0.2, -0.15) is 0 Å². The van der Waals surface area contributed by atoms with Crippen LogP contribution in [-0.4, -0.2) is 20.2 Å². The minimum atomic E-state index is -0.444. The highest BCUT2D eigenvalue weighted by Crippen LogP contribution is 2.31. The van der Waals surface area contributed by atoms with E-state index in [0.717, 1.165) is 37.9 Å². The maximum Gasteiger partial charge on any atom is 0.183 e. The summed E-state index contributed by atoms with van der Waals surface area (Å²) < 4.78 is 18.9. The van der Waals surface area contributed by atoms with Gasteiger partial charge in [0.15, 0.2) is 11.6 Å². The van der Waals surface area contributed by atoms with Crippen molar-refractivity contribution in [2.24, 2.45) is 5.92 Å². The van der Waals surface area contributed by atoms with Crippen molar-refractivity contribution < 1.29 is 9.13 Å². The monoisotopic (exact) mass is 257 g/mol. The summed E-state index contributed by atoms with van der Waals surface area (Å²) in [6, 6.07) is 3.47. The smallest absolute Gasteiger partial charge is 0.183 e. The predicted molar refractivity (Wildman–Crippen MR) is 67.3 cm³/mol. The van der Waals surface area contributed by atoms with Crippen LogP contribution in [0.3, 0.4) is 0 Å². The average Bonchev–Trinajstić information content (AvgIpc) is 2.36. The molecule has 0 bridgehead atoms. The van der Waals surface area contributed by atoms with Crippen LogP contribution in [0.2, 0.25) is 5.02 Å². The van der Waals surface area contributed by atoms with E-state index in [0.29, 0.717) is 11.7 Å². The molecule has 0 aromatic heterocycles. The van der Waals surface area contributed by atoms with Crippen LogP contribution in [0.25, 0.3) is 0 Å². The number of halogens is 2. The molecule has 1 aromatic rings. The average molecular weight is 258 g/mol. The van der Waals surface area contributed by atoms with Crippen molar-refractivity contribution in [1.82, 2.24) is 5.32 Å². The minimum absolute atomic E-state index is 0.121. The van der Waals surface area contributed by atoms with Gasteiger partial charge in [0.25, 0.3) is 0 Å². The largest absolute Gasteiger partial charge is 0.493 e. The van der Waals surface area contributed by atoms with Gasteiger partial charge in [-0.05, 0) is 49.9 Å². The molecule has 0 radical (unpaired) electrons. The molecule has 0 unspecified atom stereocenters. The van der Waals surface area contributed by atoms with Crippen LogP contribution in [0.5, 0.6) is 5.75 Å². The molecule has 4 heteroatoms. The molecule has 0 spiro atoms. The highest BCUT2D eigenvalue weighted by molar-refractivity contribution is 6.30. The summed E-state index contributed by atoms with van der Waals surface area (Å²) in [6.45, 7) is 2.09. The lowest BCUT2D eigenvalue weighted by atomic mass is 9.90. The van der Waals surface area contributed by atoms with E-state index in [-0.39, 0.29) is 5.02 Å². The molecule has 0 amide bonds. The second-order valence-corrected chi connectivity index (χ2v) is 4.86. The van der Waals surface area contributed by atoms with Crippen molar-refractivity contribution in [3.63, 3.8) is 0 Å². The summed E-state index contributed by atoms with van der Waals surface area (Å²) in [6.07, 6.45) is 3.12. The first-order chi connectivity index (χ1) is 8.22. The van der Waals surface area contributed by atoms with Gasteiger partial charge in [0.2, 0.25) is 0 Å². The Balaban J connectivity index is 2.17. The van der Waals surface area contributed by atoms with Crippen molar-refractivity contribution in [3.8, 4) is 5.75 Å². The highest BCUT2D eigenvalue weighted by atomic mass is 35.5. The Morgan fingerprint density at radius 3 is 2.76 bits per heavy atom. The van der Waals surface area contributed by atoms with Crippen molar-refractivity contribution in [2.45, 2.75) is 19.3 Å². The summed E-state index contributed by atoms with van der Waals surface area (Å²) in [5.74, 6) is 0.461. The first-order valence-electron chi connectivity index (χ1n) is 5.94. The maximum atomic E-state index is 13.7. The van der Waals surface area contributed by atoms with Crippen LogP contribution in [-0.2, 0) is 6.42 Å². The fraction of sp³-hybridized carbons (Fsp3) is 0.538. The lowest BCUT2D eigenvalue weighted by molar-refractivity contribution is 0.352. The topological polar surface area (TPSA) is 21.3 Å². The van der Waals surface area contributed by atoms with Crippen molar-refractivity contribution >= 4 is 11.6 Å². The third-order valence-electron chi connectivity index (χ3n) is 3.30. The van der Waals surface area contributed by atoms with Crippen LogP contribution in [0.15, 0.2) is 12.1 Å². The molecule has 2 nitrogen and oxygen atoms in total. The van der Waals surface area contributed by atoms with E-state index < -0.39 is 5.82 Å². The molecule has 17 heavy (non-hydrogen) atoms. The molecule has 1 aromatic carbocycles. The summed E-state index contributed by atoms with van der Waals surface area (Å²) >= 11 is 5.74. The summed E-state index contributed by atoms with van der Waals surface area (Å²) in [5.41, 5.74) is 0.918. The Morgan fingerprint density at radius 2 is 2.12 bits per heavy atom. The second-order valence-electron chi connectivity index (χ2n) is 4.45. The van der Waals surface area contributed by atoms with Gasteiger partial charge in [0, 0.05) is 0 Å². The molecule has 94 valence electrons. The Morgan fingerprint density at radius 1 is 1.41 bits per heavy atom. The fourth-order valence-corrected chi connectivity index (χ4v) is 2.50. The minimum Gasteiger partial charge on any atom is -0.493 e. The van der Waals surface area contributed by atoms with Crippen molar-refractivity contribution in [3.05, 3.63) is 28.5 Å². The zero-order chi connectivity index (χ0) is 12.3. The SMILES string of the molecule is COc1c(CC2CCNCC2)ccc(Cl)c1F. The zero-order valence-corrected chi connectivity index (χ0v) is 10.7. The Hall–Kier alpha value is -0.800. The van der Waals surface area contributed by atoms with Crippen molar-refractivity contribution in [1.29, 1.82) is 0 Å². The Kier molecular flexibility index (Phi) is 4.24. The van der Waals surface area contributed by atoms with E-state index in [1.165, 1.54) is 7.11 Å². The summed E-state index contributed by atoms with van der Waals surface area (Å²) in [5, 5.41) is 3.44. The number of rotatable bonds is 3. The maximum absolute atomic E-state index is 13.7. The van der Waals surface area contributed by atoms with Gasteiger partial charge in [-0.3, -0.25) is 0 Å². The molecule has 0 saturated carbocycles. The van der Waals surface area contributed by atoms with E-state index in [1.807, 2.05) is 6.07 Å². The number of hydrogen-bond acceptors (Lipinski definition) is 2. The number of nitrogens with one attached hydrogen (secondary N) is 1. The molecule has 1 aliphatic rings. The number of ether oxygens (including phenoxy) is 1. The standard InChI is InChI=1S/C13H17ClFNO/c1-17-13-10(2-3-11(14)12(13)15)8-9-4-6-16-7-5-9/h2-3,9,16H,4-8H2,1H3. The number of hydrogen-bond donors (Lipinski definition) is 1. The number of piperidine rings is 1. The van der Waals surface area contributed by atoms with Gasteiger partial charge in [-0.25, -0.2) is 4.39 Å². The Bertz CT molecular complexity index is 391. The quantitative estimate of drug-likeness (QED) is 0.899. The first-order valence-corrected chi connectivity index (χ1v) is 6.31. The first kappa shape index (κ1) is 12.7. The normalized spacial score (nSPS) is 17.1. The molecule has 0 aliphatic carbocycles. The van der Waals surface area contributed by atoms with Crippen LogP contribution in [0.4, 0.5) is 4.39 Å². The number of methoxy groups -OCH3 is 1. The van der Waals surface area contributed by atoms with Crippen LogP contribution in [0.1, 0.15) is 18.4 Å². The fourth-order valence-electron chi connectivity index (χ4n) is 2.35. The molecule has 1 N–H and O–H groups in total. The van der Waals surface area contributed by atoms with Crippen LogP contribution in [0, 0.1) is 11.7 Å². The third kappa shape index (κ3) is 2.90. The summed E-state index contributed by atoms with van der Waals surface area (Å²) in [7, 11) is 1.49. The zero-order valence-electron chi connectivity index (χ0n) is 9.93. The lowest BCUT2D eigenvalue weighted by Gasteiger charge is -2.23. The molecule has 1 heterocycles. The molecule has 1 saturated heterocycles. The highest BCUT2D eigenvalue weighted by Gasteiger charge is 2.18. The molecule has 1 fully saturated rings. The number of benzene rings is 1. The van der Waals surface area contributed by atoms with Gasteiger partial charge in [0.1, 0.15) is 0 Å². The van der Waals surface area contributed by atoms with Gasteiger partial charge in [-0.1, -0.05) is 17.7 Å². The molecular weight excluding hydrogens is 241 g/mol. The molecule has 0 atom stereocenters. The molecule has 2 rings (SSSR count). The molecular formula is C13H17ClFNO. The van der Waals surface area contributed by atoms with Gasteiger partial charge in [0.05, 0.1) is 12.1 Å². The van der Waals surface area contributed by atoms with Gasteiger partial charge >= 0.3 is 0 Å². The summed E-state index contributed by atoms with van der Waals surface area (Å²) in [4.78, 5) is 0.